The molecular weight excluding hydrogens is 194 g/mol. The van der Waals surface area contributed by atoms with Gasteiger partial charge in [-0.3, -0.25) is 0 Å². The lowest BCUT2D eigenvalue weighted by molar-refractivity contribution is 0.893. The molecule has 0 amide bonds. The number of nitrogens with zero attached hydrogens (tertiary/aromatic N) is 1. The van der Waals surface area contributed by atoms with Gasteiger partial charge in [-0.15, -0.1) is 0 Å². The van der Waals surface area contributed by atoms with Crippen LogP contribution in [0.4, 0.5) is 0 Å². The topological polar surface area (TPSA) is 23.8 Å². The molecule has 0 heterocycles. The number of halogens is 1. The average Bonchev–Trinajstić information content (AvgIpc) is 2.92. The fourth-order valence-corrected chi connectivity index (χ4v) is 2.08. The Hall–Kier alpha value is -1.000. The summed E-state index contributed by atoms with van der Waals surface area (Å²) in [7, 11) is 0. The average molecular weight is 206 g/mol. The summed E-state index contributed by atoms with van der Waals surface area (Å²) in [6.07, 6.45) is 1.98. The highest BCUT2D eigenvalue weighted by atomic mass is 35.5. The lowest BCUT2D eigenvalue weighted by Crippen LogP contribution is -2.05. The van der Waals surface area contributed by atoms with E-state index in [0.717, 1.165) is 29.0 Å². The van der Waals surface area contributed by atoms with Crippen LogP contribution in [-0.2, 0) is 5.41 Å². The zero-order valence-electron chi connectivity index (χ0n) is 8.39. The van der Waals surface area contributed by atoms with Gasteiger partial charge in [0.15, 0.2) is 0 Å². The smallest absolute Gasteiger partial charge is 0.0826 e. The van der Waals surface area contributed by atoms with E-state index in [2.05, 4.69) is 12.1 Å². The molecular formula is C12H12ClN. The SMILES string of the molecule is Cc1cc(C2(C#N)CC2)c(C)cc1Cl. The molecule has 2 rings (SSSR count). The van der Waals surface area contributed by atoms with E-state index in [-0.39, 0.29) is 5.41 Å². The molecule has 0 bridgehead atoms. The fraction of sp³-hybridized carbons (Fsp3) is 0.417. The van der Waals surface area contributed by atoms with E-state index in [1.54, 1.807) is 0 Å². The Labute approximate surface area is 89.3 Å². The maximum Gasteiger partial charge on any atom is 0.0826 e. The van der Waals surface area contributed by atoms with E-state index in [1.807, 2.05) is 19.9 Å². The molecule has 0 aliphatic heterocycles. The minimum Gasteiger partial charge on any atom is -0.197 e. The normalized spacial score (nSPS) is 17.6. The van der Waals surface area contributed by atoms with Gasteiger partial charge in [-0.2, -0.15) is 5.26 Å². The van der Waals surface area contributed by atoms with Crippen LogP contribution in [0.25, 0.3) is 0 Å². The van der Waals surface area contributed by atoms with E-state index < -0.39 is 0 Å². The van der Waals surface area contributed by atoms with Crippen LogP contribution < -0.4 is 0 Å². The van der Waals surface area contributed by atoms with Crippen LogP contribution >= 0.6 is 11.6 Å². The van der Waals surface area contributed by atoms with Gasteiger partial charge in [-0.05, 0) is 49.4 Å². The molecule has 0 radical (unpaired) electrons. The quantitative estimate of drug-likeness (QED) is 0.688. The third-order valence-corrected chi connectivity index (χ3v) is 3.39. The first kappa shape index (κ1) is 9.55. The fourth-order valence-electron chi connectivity index (χ4n) is 1.86. The molecule has 0 aromatic heterocycles. The molecule has 2 heteroatoms. The summed E-state index contributed by atoms with van der Waals surface area (Å²) in [6, 6.07) is 6.44. The van der Waals surface area contributed by atoms with Crippen LogP contribution in [0.1, 0.15) is 29.5 Å². The highest BCUT2D eigenvalue weighted by Crippen LogP contribution is 2.49. The minimum atomic E-state index is -0.195. The van der Waals surface area contributed by atoms with Crippen LogP contribution in [0, 0.1) is 25.2 Å². The largest absolute Gasteiger partial charge is 0.197 e. The van der Waals surface area contributed by atoms with Gasteiger partial charge in [-0.25, -0.2) is 0 Å². The Balaban J connectivity index is 2.55. The molecule has 1 aromatic carbocycles. The maximum atomic E-state index is 9.11. The van der Waals surface area contributed by atoms with Gasteiger partial charge in [0.05, 0.1) is 11.5 Å². The van der Waals surface area contributed by atoms with Crippen molar-refractivity contribution in [1.29, 1.82) is 5.26 Å². The molecule has 14 heavy (non-hydrogen) atoms. The Morgan fingerprint density at radius 2 is 1.93 bits per heavy atom. The number of hydrogen-bond donors (Lipinski definition) is 0. The van der Waals surface area contributed by atoms with E-state index in [9.17, 15) is 0 Å². The maximum absolute atomic E-state index is 9.11. The highest BCUT2D eigenvalue weighted by Gasteiger charge is 2.45. The van der Waals surface area contributed by atoms with E-state index >= 15 is 0 Å². The van der Waals surface area contributed by atoms with Gasteiger partial charge in [0.2, 0.25) is 0 Å². The first-order valence-electron chi connectivity index (χ1n) is 4.77. The molecule has 1 nitrogen and oxygen atoms in total. The molecule has 0 saturated heterocycles. The molecule has 0 unspecified atom stereocenters. The molecule has 1 aromatic rings. The van der Waals surface area contributed by atoms with Crippen molar-refractivity contribution in [2.24, 2.45) is 0 Å². The summed E-state index contributed by atoms with van der Waals surface area (Å²) >= 11 is 6.02. The van der Waals surface area contributed by atoms with Crippen LogP contribution in [-0.4, -0.2) is 0 Å². The van der Waals surface area contributed by atoms with E-state index in [1.165, 1.54) is 5.56 Å². The van der Waals surface area contributed by atoms with Crippen molar-refractivity contribution < 1.29 is 0 Å². The second-order valence-corrected chi connectivity index (χ2v) is 4.52. The van der Waals surface area contributed by atoms with E-state index in [4.69, 9.17) is 16.9 Å². The van der Waals surface area contributed by atoms with Crippen molar-refractivity contribution in [1.82, 2.24) is 0 Å². The number of benzene rings is 1. The van der Waals surface area contributed by atoms with Crippen molar-refractivity contribution in [2.75, 3.05) is 0 Å². The molecule has 0 N–H and O–H groups in total. The lowest BCUT2D eigenvalue weighted by Gasteiger charge is -2.12. The molecule has 1 saturated carbocycles. The summed E-state index contributed by atoms with van der Waals surface area (Å²) in [5, 5.41) is 9.90. The number of rotatable bonds is 1. The van der Waals surface area contributed by atoms with Crippen LogP contribution in [0.2, 0.25) is 5.02 Å². The van der Waals surface area contributed by atoms with Crippen molar-refractivity contribution in [2.45, 2.75) is 32.1 Å². The Morgan fingerprint density at radius 1 is 1.29 bits per heavy atom. The van der Waals surface area contributed by atoms with Crippen molar-refractivity contribution in [3.05, 3.63) is 33.8 Å². The second kappa shape index (κ2) is 3.00. The number of aryl methyl sites for hydroxylation is 2. The zero-order valence-corrected chi connectivity index (χ0v) is 9.15. The van der Waals surface area contributed by atoms with Gasteiger partial charge in [0.25, 0.3) is 0 Å². The minimum absolute atomic E-state index is 0.195. The highest BCUT2D eigenvalue weighted by molar-refractivity contribution is 6.31. The molecule has 0 spiro atoms. The summed E-state index contributed by atoms with van der Waals surface area (Å²) in [6.45, 7) is 4.01. The first-order chi connectivity index (χ1) is 6.59. The number of hydrogen-bond acceptors (Lipinski definition) is 1. The Morgan fingerprint density at radius 3 is 2.43 bits per heavy atom. The van der Waals surface area contributed by atoms with Crippen LogP contribution in [0.3, 0.4) is 0 Å². The van der Waals surface area contributed by atoms with Gasteiger partial charge in [0.1, 0.15) is 0 Å². The third-order valence-electron chi connectivity index (χ3n) is 2.99. The summed E-state index contributed by atoms with van der Waals surface area (Å²) in [4.78, 5) is 0. The van der Waals surface area contributed by atoms with Gasteiger partial charge >= 0.3 is 0 Å². The van der Waals surface area contributed by atoms with Crippen LogP contribution in [0.5, 0.6) is 0 Å². The third kappa shape index (κ3) is 1.31. The summed E-state index contributed by atoms with van der Waals surface area (Å²) < 4.78 is 0. The molecule has 0 atom stereocenters. The standard InChI is InChI=1S/C12H12ClN/c1-8-6-11(13)9(2)5-10(8)12(7-14)3-4-12/h5-6H,3-4H2,1-2H3. The first-order valence-corrected chi connectivity index (χ1v) is 5.15. The van der Waals surface area contributed by atoms with Crippen LogP contribution in [0.15, 0.2) is 12.1 Å². The molecule has 1 aliphatic carbocycles. The number of nitriles is 1. The van der Waals surface area contributed by atoms with Crippen molar-refractivity contribution >= 4 is 11.6 Å². The zero-order chi connectivity index (χ0) is 10.3. The molecule has 1 aliphatic rings. The molecule has 72 valence electrons. The predicted molar refractivity (Wildman–Crippen MR) is 57.5 cm³/mol. The summed E-state index contributed by atoms with van der Waals surface area (Å²) in [5.41, 5.74) is 3.18. The van der Waals surface area contributed by atoms with E-state index in [0.29, 0.717) is 0 Å². The predicted octanol–water partition coefficient (Wildman–Crippen LogP) is 3.51. The molecule has 1 fully saturated rings. The Kier molecular flexibility index (Phi) is 2.05. The van der Waals surface area contributed by atoms with Crippen molar-refractivity contribution in [3.63, 3.8) is 0 Å². The Bertz CT molecular complexity index is 425. The summed E-state index contributed by atoms with van der Waals surface area (Å²) in [5.74, 6) is 0. The lowest BCUT2D eigenvalue weighted by atomic mass is 9.92. The van der Waals surface area contributed by atoms with Gasteiger partial charge in [0, 0.05) is 5.02 Å². The van der Waals surface area contributed by atoms with Crippen molar-refractivity contribution in [3.8, 4) is 6.07 Å². The second-order valence-electron chi connectivity index (χ2n) is 4.11. The van der Waals surface area contributed by atoms with Gasteiger partial charge < -0.3 is 0 Å². The van der Waals surface area contributed by atoms with Gasteiger partial charge in [-0.1, -0.05) is 17.7 Å². The monoisotopic (exact) mass is 205 g/mol.